The van der Waals surface area contributed by atoms with Gasteiger partial charge in [0, 0.05) is 22.9 Å². The molecular formula is C9H9ClI2N2. The predicted octanol–water partition coefficient (Wildman–Crippen LogP) is -0.735. The van der Waals surface area contributed by atoms with Crippen LogP contribution in [0, 0.1) is 3.57 Å². The fourth-order valence-corrected chi connectivity index (χ4v) is 2.80. The molecule has 0 atom stereocenters. The van der Waals surface area contributed by atoms with Crippen LogP contribution in [0.4, 0.5) is 0 Å². The fraction of sp³-hybridized carbons (Fsp3) is 0.222. The molecule has 0 spiro atoms. The van der Waals surface area contributed by atoms with E-state index < -0.39 is 0 Å². The molecular weight excluding hydrogens is 425 g/mol. The molecule has 2 rings (SSSR count). The zero-order chi connectivity index (χ0) is 9.59. The Labute approximate surface area is 118 Å². The Bertz CT molecular complexity index is 479. The van der Waals surface area contributed by atoms with Gasteiger partial charge in [-0.05, 0) is 34.2 Å². The van der Waals surface area contributed by atoms with Crippen LogP contribution in [-0.4, -0.2) is 4.57 Å². The number of hydrogen-bond donors (Lipinski definition) is 0. The lowest BCUT2D eigenvalue weighted by atomic mass is 10.3. The summed E-state index contributed by atoms with van der Waals surface area (Å²) in [6, 6.07) is 2.07. The van der Waals surface area contributed by atoms with E-state index in [1.807, 2.05) is 24.9 Å². The minimum absolute atomic E-state index is 0. The molecule has 0 saturated carbocycles. The van der Waals surface area contributed by atoms with Crippen LogP contribution in [0.15, 0.2) is 18.5 Å². The summed E-state index contributed by atoms with van der Waals surface area (Å²) in [4.78, 5) is 0. The third-order valence-corrected chi connectivity index (χ3v) is 3.43. The van der Waals surface area contributed by atoms with E-state index in [0.717, 1.165) is 10.5 Å². The molecule has 2 nitrogen and oxygen atoms in total. The lowest BCUT2D eigenvalue weighted by Gasteiger charge is -1.95. The monoisotopic (exact) mass is 434 g/mol. The van der Waals surface area contributed by atoms with Gasteiger partial charge in [-0.3, -0.25) is 0 Å². The molecule has 0 radical (unpaired) electrons. The van der Waals surface area contributed by atoms with Gasteiger partial charge in [0.1, 0.15) is 7.05 Å². The number of hydrogen-bond acceptors (Lipinski definition) is 0. The van der Waals surface area contributed by atoms with Crippen molar-refractivity contribution in [1.29, 1.82) is 0 Å². The van der Waals surface area contributed by atoms with Crippen molar-refractivity contribution < 1.29 is 28.5 Å². The zero-order valence-corrected chi connectivity index (χ0v) is 12.8. The Balaban J connectivity index is 0.000000980. The number of aryl methyl sites for hydroxylation is 2. The smallest absolute Gasteiger partial charge is 0.285 e. The lowest BCUT2D eigenvalue weighted by molar-refractivity contribution is -0.667. The minimum Gasteiger partial charge on any atom is -1.00 e. The maximum Gasteiger partial charge on any atom is 0.285 e. The number of nitrogens with zero attached hydrogens (tertiary/aromatic N) is 2. The van der Waals surface area contributed by atoms with Gasteiger partial charge >= 0.3 is 0 Å². The van der Waals surface area contributed by atoms with Gasteiger partial charge in [-0.15, -0.1) is 0 Å². The molecule has 0 unspecified atom stereocenters. The molecule has 2 aromatic rings. The summed E-state index contributed by atoms with van der Waals surface area (Å²) >= 11 is 8.49. The van der Waals surface area contributed by atoms with Gasteiger partial charge in [0.05, 0.1) is 10.9 Å². The van der Waals surface area contributed by atoms with E-state index in [0.29, 0.717) is 0 Å². The largest absolute Gasteiger partial charge is 1.00 e. The van der Waals surface area contributed by atoms with Gasteiger partial charge in [0.15, 0.2) is 6.20 Å². The molecule has 14 heavy (non-hydrogen) atoms. The first-order valence-corrected chi connectivity index (χ1v) is 5.35. The van der Waals surface area contributed by atoms with E-state index in [9.17, 15) is 0 Å². The van der Waals surface area contributed by atoms with E-state index in [4.69, 9.17) is 11.6 Å². The highest BCUT2D eigenvalue weighted by Crippen LogP contribution is 2.26. The molecule has 0 aliphatic heterocycles. The van der Waals surface area contributed by atoms with Crippen LogP contribution >= 0.6 is 34.2 Å². The highest BCUT2D eigenvalue weighted by molar-refractivity contribution is 14.1. The Morgan fingerprint density at radius 3 is 2.79 bits per heavy atom. The molecule has 0 aromatic carbocycles. The molecule has 0 aliphatic rings. The highest BCUT2D eigenvalue weighted by Gasteiger charge is 2.14. The standard InChI is InChI=1S/C9H9ClIN2.HI/c1-12-4-3-7-8(9(12)10)6(11)5-13(7)2;/h3-5H,1-2H3;1H/q+1;/p-1. The molecule has 0 aliphatic carbocycles. The molecule has 2 heterocycles. The van der Waals surface area contributed by atoms with Gasteiger partial charge < -0.3 is 28.5 Å². The van der Waals surface area contributed by atoms with E-state index in [1.165, 1.54) is 9.09 Å². The van der Waals surface area contributed by atoms with E-state index in [2.05, 4.69) is 39.4 Å². The number of rotatable bonds is 0. The summed E-state index contributed by atoms with van der Waals surface area (Å²) < 4.78 is 5.20. The molecule has 5 heteroatoms. The highest BCUT2D eigenvalue weighted by atomic mass is 127. The van der Waals surface area contributed by atoms with E-state index in [1.54, 1.807) is 0 Å². The van der Waals surface area contributed by atoms with Crippen LogP contribution in [0.3, 0.4) is 0 Å². The summed E-state index contributed by atoms with van der Waals surface area (Å²) in [5.41, 5.74) is 1.17. The van der Waals surface area contributed by atoms with Crippen LogP contribution in [0.25, 0.3) is 10.9 Å². The summed E-state index contributed by atoms with van der Waals surface area (Å²) in [7, 11) is 3.98. The number of aromatic nitrogens is 2. The summed E-state index contributed by atoms with van der Waals surface area (Å²) in [5, 5.41) is 1.93. The molecule has 0 saturated heterocycles. The van der Waals surface area contributed by atoms with Gasteiger partial charge in [0.25, 0.3) is 5.15 Å². The number of fused-ring (bicyclic) bond motifs is 1. The first kappa shape index (κ1) is 12.5. The van der Waals surface area contributed by atoms with Crippen molar-refractivity contribution in [3.63, 3.8) is 0 Å². The van der Waals surface area contributed by atoms with E-state index in [-0.39, 0.29) is 24.0 Å². The van der Waals surface area contributed by atoms with Crippen molar-refractivity contribution in [2.75, 3.05) is 0 Å². The summed E-state index contributed by atoms with van der Waals surface area (Å²) in [6.45, 7) is 0. The molecule has 0 N–H and O–H groups in total. The zero-order valence-electron chi connectivity index (χ0n) is 7.76. The van der Waals surface area contributed by atoms with Gasteiger partial charge in [-0.1, -0.05) is 0 Å². The van der Waals surface area contributed by atoms with Gasteiger partial charge in [0.2, 0.25) is 0 Å². The van der Waals surface area contributed by atoms with Gasteiger partial charge in [-0.2, -0.15) is 4.57 Å². The SMILES string of the molecule is Cn1cc(I)c2c(Cl)[n+](C)ccc21.[I-]. The predicted molar refractivity (Wildman–Crippen MR) is 61.8 cm³/mol. The van der Waals surface area contributed by atoms with Crippen molar-refractivity contribution in [2.45, 2.75) is 0 Å². The molecule has 2 aromatic heterocycles. The summed E-state index contributed by atoms with van der Waals surface area (Å²) in [6.07, 6.45) is 4.05. The first-order valence-electron chi connectivity index (χ1n) is 3.90. The van der Waals surface area contributed by atoms with Crippen LogP contribution in [-0.2, 0) is 14.1 Å². The summed E-state index contributed by atoms with van der Waals surface area (Å²) in [5.74, 6) is 0. The first-order chi connectivity index (χ1) is 6.11. The lowest BCUT2D eigenvalue weighted by Crippen LogP contribution is -3.00. The maximum absolute atomic E-state index is 6.19. The van der Waals surface area contributed by atoms with Crippen LogP contribution in [0.5, 0.6) is 0 Å². The second kappa shape index (κ2) is 4.52. The quantitative estimate of drug-likeness (QED) is 0.294. The van der Waals surface area contributed by atoms with Gasteiger partial charge in [-0.25, -0.2) is 0 Å². The normalized spacial score (nSPS) is 10.3. The average molecular weight is 434 g/mol. The van der Waals surface area contributed by atoms with Crippen molar-refractivity contribution in [2.24, 2.45) is 14.1 Å². The fourth-order valence-electron chi connectivity index (χ4n) is 1.43. The van der Waals surface area contributed by atoms with Crippen molar-refractivity contribution in [3.05, 3.63) is 27.2 Å². The second-order valence-corrected chi connectivity index (χ2v) is 4.59. The third kappa shape index (κ3) is 1.88. The van der Waals surface area contributed by atoms with Crippen LogP contribution < -0.4 is 28.5 Å². The van der Waals surface area contributed by atoms with Crippen LogP contribution in [0.1, 0.15) is 0 Å². The Morgan fingerprint density at radius 1 is 1.50 bits per heavy atom. The Morgan fingerprint density at radius 2 is 2.14 bits per heavy atom. The number of pyridine rings is 1. The number of halogens is 3. The topological polar surface area (TPSA) is 8.81 Å². The van der Waals surface area contributed by atoms with Crippen molar-refractivity contribution >= 4 is 45.1 Å². The minimum atomic E-state index is 0. The Hall–Kier alpha value is 0.440. The van der Waals surface area contributed by atoms with Crippen molar-refractivity contribution in [1.82, 2.24) is 4.57 Å². The molecule has 0 fully saturated rings. The third-order valence-electron chi connectivity index (χ3n) is 2.15. The Kier molecular flexibility index (Phi) is 4.04. The van der Waals surface area contributed by atoms with Crippen molar-refractivity contribution in [3.8, 4) is 0 Å². The van der Waals surface area contributed by atoms with Crippen LogP contribution in [0.2, 0.25) is 5.15 Å². The molecule has 0 bridgehead atoms. The molecule has 0 amide bonds. The second-order valence-electron chi connectivity index (χ2n) is 3.07. The average Bonchev–Trinajstić information content (AvgIpc) is 2.35. The molecule has 76 valence electrons. The van der Waals surface area contributed by atoms with E-state index >= 15 is 0 Å². The maximum atomic E-state index is 6.19.